The zero-order valence-corrected chi connectivity index (χ0v) is 22.9. The van der Waals surface area contributed by atoms with E-state index in [0.29, 0.717) is 48.9 Å². The summed E-state index contributed by atoms with van der Waals surface area (Å²) in [6.45, 7) is 2.46. The van der Waals surface area contributed by atoms with Crippen LogP contribution in [0.3, 0.4) is 0 Å². The van der Waals surface area contributed by atoms with Gasteiger partial charge in [0.05, 0.1) is 21.7 Å². The van der Waals surface area contributed by atoms with E-state index >= 15 is 0 Å². The van der Waals surface area contributed by atoms with Crippen LogP contribution in [-0.2, 0) is 11.4 Å². The van der Waals surface area contributed by atoms with Gasteiger partial charge < -0.3 is 9.47 Å². The number of hydrogen-bond donors (Lipinski definition) is 0. The zero-order chi connectivity index (χ0) is 25.1. The molecular formula is C25H17BrCl3NO4S. The summed E-state index contributed by atoms with van der Waals surface area (Å²) in [5.74, 6) is 0.545. The topological polar surface area (TPSA) is 55.8 Å². The minimum atomic E-state index is -0.422. The maximum absolute atomic E-state index is 13.0. The zero-order valence-electron chi connectivity index (χ0n) is 18.2. The number of ether oxygens (including phenoxy) is 2. The molecular weight excluding hydrogens is 597 g/mol. The molecule has 10 heteroatoms. The van der Waals surface area contributed by atoms with Crippen molar-refractivity contribution < 1.29 is 19.1 Å². The lowest BCUT2D eigenvalue weighted by atomic mass is 10.1. The van der Waals surface area contributed by atoms with Gasteiger partial charge in [-0.25, -0.2) is 4.90 Å². The van der Waals surface area contributed by atoms with Crippen molar-refractivity contribution in [1.29, 1.82) is 0 Å². The summed E-state index contributed by atoms with van der Waals surface area (Å²) in [7, 11) is 0. The van der Waals surface area contributed by atoms with Crippen molar-refractivity contribution in [3.8, 4) is 11.5 Å². The Balaban J connectivity index is 1.61. The van der Waals surface area contributed by atoms with Gasteiger partial charge in [-0.3, -0.25) is 9.59 Å². The highest BCUT2D eigenvalue weighted by atomic mass is 79.9. The van der Waals surface area contributed by atoms with E-state index in [2.05, 4.69) is 15.9 Å². The van der Waals surface area contributed by atoms with Crippen molar-refractivity contribution in [1.82, 2.24) is 0 Å². The summed E-state index contributed by atoms with van der Waals surface area (Å²) >= 11 is 22.6. The number of benzene rings is 3. The van der Waals surface area contributed by atoms with E-state index in [0.717, 1.165) is 22.2 Å². The van der Waals surface area contributed by atoms with E-state index in [-0.39, 0.29) is 11.5 Å². The maximum atomic E-state index is 13.0. The fourth-order valence-corrected chi connectivity index (χ4v) is 5.38. The number of rotatable bonds is 7. The number of carbonyl (C=O) groups excluding carboxylic acids is 2. The fraction of sp³-hybridized carbons (Fsp3) is 0.120. The first-order chi connectivity index (χ1) is 16.8. The van der Waals surface area contributed by atoms with Gasteiger partial charge in [0.2, 0.25) is 0 Å². The highest BCUT2D eigenvalue weighted by Gasteiger charge is 2.36. The van der Waals surface area contributed by atoms with Crippen LogP contribution in [0.4, 0.5) is 10.5 Å². The lowest BCUT2D eigenvalue weighted by Gasteiger charge is -2.15. The lowest BCUT2D eigenvalue weighted by Crippen LogP contribution is -2.27. The smallest absolute Gasteiger partial charge is 0.298 e. The Kier molecular flexibility index (Phi) is 8.34. The molecule has 5 nitrogen and oxygen atoms in total. The average Bonchev–Trinajstić information content (AvgIpc) is 3.07. The Morgan fingerprint density at radius 2 is 1.77 bits per heavy atom. The molecule has 0 aromatic heterocycles. The van der Waals surface area contributed by atoms with Crippen molar-refractivity contribution in [3.05, 3.63) is 90.2 Å². The van der Waals surface area contributed by atoms with E-state index in [9.17, 15) is 9.59 Å². The first kappa shape index (κ1) is 25.9. The van der Waals surface area contributed by atoms with Crippen LogP contribution >= 0.6 is 62.5 Å². The molecule has 1 fully saturated rings. The molecule has 1 saturated heterocycles. The molecule has 4 rings (SSSR count). The summed E-state index contributed by atoms with van der Waals surface area (Å²) in [6.07, 6.45) is 1.64. The van der Waals surface area contributed by atoms with Gasteiger partial charge in [0, 0.05) is 20.6 Å². The van der Waals surface area contributed by atoms with Crippen LogP contribution in [0, 0.1) is 0 Å². The number of carbonyl (C=O) groups is 2. The van der Waals surface area contributed by atoms with E-state index in [1.54, 1.807) is 60.7 Å². The second kappa shape index (κ2) is 11.3. The molecule has 0 radical (unpaired) electrons. The molecule has 3 aromatic rings. The van der Waals surface area contributed by atoms with Crippen LogP contribution in [0.1, 0.15) is 18.1 Å². The molecule has 1 aliphatic heterocycles. The van der Waals surface area contributed by atoms with E-state index in [4.69, 9.17) is 44.3 Å². The third kappa shape index (κ3) is 5.98. The Bertz CT molecular complexity index is 1350. The second-order valence-electron chi connectivity index (χ2n) is 7.28. The standard InChI is InChI=1S/C25H17BrCl3NO4S/c1-2-33-21-9-14(8-19(26)23(21)34-13-15-6-7-17(28)12-20(15)29)10-22-24(31)30(25(32)35-22)18-5-3-4-16(27)11-18/h3-12H,2,13H2,1H3/b22-10+. The molecule has 35 heavy (non-hydrogen) atoms. The van der Waals surface area contributed by atoms with Crippen LogP contribution < -0.4 is 14.4 Å². The molecule has 0 unspecified atom stereocenters. The van der Waals surface area contributed by atoms with Crippen molar-refractivity contribution in [2.75, 3.05) is 11.5 Å². The number of thioether (sulfide) groups is 1. The predicted octanol–water partition coefficient (Wildman–Crippen LogP) is 8.63. The van der Waals surface area contributed by atoms with E-state index < -0.39 is 11.1 Å². The van der Waals surface area contributed by atoms with Gasteiger partial charge in [-0.2, -0.15) is 0 Å². The molecule has 1 aliphatic rings. The Morgan fingerprint density at radius 3 is 2.49 bits per heavy atom. The van der Waals surface area contributed by atoms with Crippen molar-refractivity contribution in [3.63, 3.8) is 0 Å². The highest BCUT2D eigenvalue weighted by Crippen LogP contribution is 2.41. The Morgan fingerprint density at radius 1 is 1.00 bits per heavy atom. The van der Waals surface area contributed by atoms with Crippen LogP contribution in [0.5, 0.6) is 11.5 Å². The molecule has 0 saturated carbocycles. The molecule has 2 amide bonds. The van der Waals surface area contributed by atoms with Crippen molar-refractivity contribution in [2.45, 2.75) is 13.5 Å². The quantitative estimate of drug-likeness (QED) is 0.250. The molecule has 3 aromatic carbocycles. The number of hydrogen-bond acceptors (Lipinski definition) is 5. The first-order valence-corrected chi connectivity index (χ1v) is 13.1. The van der Waals surface area contributed by atoms with Crippen LogP contribution in [0.2, 0.25) is 15.1 Å². The number of amides is 2. The minimum Gasteiger partial charge on any atom is -0.490 e. The van der Waals surface area contributed by atoms with Crippen molar-refractivity contribution >= 4 is 85.4 Å². The van der Waals surface area contributed by atoms with Crippen LogP contribution in [0.25, 0.3) is 6.08 Å². The second-order valence-corrected chi connectivity index (χ2v) is 10.4. The first-order valence-electron chi connectivity index (χ1n) is 10.3. The summed E-state index contributed by atoms with van der Waals surface area (Å²) < 4.78 is 12.4. The number of anilines is 1. The summed E-state index contributed by atoms with van der Waals surface area (Å²) in [4.78, 5) is 26.9. The minimum absolute atomic E-state index is 0.201. The number of imide groups is 1. The third-order valence-corrected chi connectivity index (χ3v) is 7.16. The molecule has 0 aliphatic carbocycles. The predicted molar refractivity (Wildman–Crippen MR) is 146 cm³/mol. The Labute approximate surface area is 230 Å². The van der Waals surface area contributed by atoms with Gasteiger partial charge in [-0.15, -0.1) is 0 Å². The lowest BCUT2D eigenvalue weighted by molar-refractivity contribution is -0.113. The van der Waals surface area contributed by atoms with Gasteiger partial charge in [0.15, 0.2) is 11.5 Å². The monoisotopic (exact) mass is 611 g/mol. The van der Waals surface area contributed by atoms with Crippen LogP contribution in [0.15, 0.2) is 64.0 Å². The molecule has 0 atom stereocenters. The number of nitrogens with zero attached hydrogens (tertiary/aromatic N) is 1. The summed E-state index contributed by atoms with van der Waals surface area (Å²) in [6, 6.07) is 15.3. The summed E-state index contributed by atoms with van der Waals surface area (Å²) in [5.41, 5.74) is 1.85. The molecule has 0 spiro atoms. The van der Waals surface area contributed by atoms with Gasteiger partial charge in [0.25, 0.3) is 11.1 Å². The van der Waals surface area contributed by atoms with Crippen LogP contribution in [-0.4, -0.2) is 17.8 Å². The maximum Gasteiger partial charge on any atom is 0.298 e. The molecule has 1 heterocycles. The van der Waals surface area contributed by atoms with Gasteiger partial charge in [-0.05, 0) is 88.7 Å². The number of halogens is 4. The third-order valence-electron chi connectivity index (χ3n) is 4.88. The summed E-state index contributed by atoms with van der Waals surface area (Å²) in [5, 5.41) is 1.08. The average molecular weight is 614 g/mol. The van der Waals surface area contributed by atoms with E-state index in [1.807, 2.05) is 6.92 Å². The largest absolute Gasteiger partial charge is 0.490 e. The van der Waals surface area contributed by atoms with E-state index in [1.165, 1.54) is 0 Å². The van der Waals surface area contributed by atoms with Gasteiger partial charge in [-0.1, -0.05) is 46.9 Å². The SMILES string of the molecule is CCOc1cc(/C=C2/SC(=O)N(c3cccc(Cl)c3)C2=O)cc(Br)c1OCc1ccc(Cl)cc1Cl. The molecule has 180 valence electrons. The van der Waals surface area contributed by atoms with Gasteiger partial charge in [0.1, 0.15) is 6.61 Å². The normalized spacial score (nSPS) is 14.7. The molecule has 0 bridgehead atoms. The van der Waals surface area contributed by atoms with Crippen molar-refractivity contribution in [2.24, 2.45) is 0 Å². The highest BCUT2D eigenvalue weighted by molar-refractivity contribution is 9.10. The van der Waals surface area contributed by atoms with Gasteiger partial charge >= 0.3 is 0 Å². The fourth-order valence-electron chi connectivity index (χ4n) is 3.32. The Hall–Kier alpha value is -2.16. The molecule has 0 N–H and O–H groups in total.